The number of benzene rings is 1. The van der Waals surface area contributed by atoms with E-state index in [-0.39, 0.29) is 23.8 Å². The molecule has 1 saturated carbocycles. The zero-order valence-electron chi connectivity index (χ0n) is 21.6. The lowest BCUT2D eigenvalue weighted by Gasteiger charge is -2.29. The molecular weight excluding hydrogens is 513 g/mol. The van der Waals surface area contributed by atoms with Crippen molar-refractivity contribution in [2.24, 2.45) is 11.7 Å². The SMILES string of the molecule is NC1CCC(CNC(=O)[C@@H]2CCCN2C(=O)CC(c2ccccc2)c2cccnc2)CC1.O=C(O)C(F)(F)F. The van der Waals surface area contributed by atoms with Crippen LogP contribution < -0.4 is 11.1 Å². The molecule has 2 aliphatic rings. The van der Waals surface area contributed by atoms with E-state index in [0.717, 1.165) is 49.7 Å². The van der Waals surface area contributed by atoms with Crippen molar-refractivity contribution in [3.05, 3.63) is 66.0 Å². The Labute approximate surface area is 225 Å². The number of carboxylic acid groups (broad SMARTS) is 1. The third-order valence-corrected chi connectivity index (χ3v) is 7.24. The maximum atomic E-state index is 13.4. The summed E-state index contributed by atoms with van der Waals surface area (Å²) < 4.78 is 31.7. The molecule has 2 atom stereocenters. The number of aliphatic carboxylic acids is 1. The fourth-order valence-corrected chi connectivity index (χ4v) is 5.08. The minimum Gasteiger partial charge on any atom is -0.475 e. The van der Waals surface area contributed by atoms with E-state index in [0.29, 0.717) is 31.5 Å². The number of aromatic nitrogens is 1. The Kier molecular flexibility index (Phi) is 10.8. The van der Waals surface area contributed by atoms with Crippen LogP contribution >= 0.6 is 0 Å². The molecule has 212 valence electrons. The Hall–Kier alpha value is -3.47. The normalized spacial score (nSPS) is 21.8. The summed E-state index contributed by atoms with van der Waals surface area (Å²) in [4.78, 5) is 41.3. The molecule has 0 bridgehead atoms. The van der Waals surface area contributed by atoms with Gasteiger partial charge in [-0.3, -0.25) is 14.6 Å². The molecule has 2 fully saturated rings. The summed E-state index contributed by atoms with van der Waals surface area (Å²) >= 11 is 0. The van der Waals surface area contributed by atoms with Gasteiger partial charge in [0.15, 0.2) is 0 Å². The number of rotatable bonds is 7. The van der Waals surface area contributed by atoms with E-state index in [1.165, 1.54) is 0 Å². The molecule has 1 saturated heterocycles. The van der Waals surface area contributed by atoms with Crippen molar-refractivity contribution in [3.8, 4) is 0 Å². The molecule has 1 aromatic carbocycles. The second kappa shape index (κ2) is 14.1. The van der Waals surface area contributed by atoms with E-state index in [9.17, 15) is 22.8 Å². The predicted molar refractivity (Wildman–Crippen MR) is 139 cm³/mol. The van der Waals surface area contributed by atoms with Gasteiger partial charge in [0.25, 0.3) is 0 Å². The third-order valence-electron chi connectivity index (χ3n) is 7.24. The molecule has 1 unspecified atom stereocenters. The van der Waals surface area contributed by atoms with Crippen LogP contribution in [0, 0.1) is 5.92 Å². The van der Waals surface area contributed by atoms with Crippen molar-refractivity contribution in [1.29, 1.82) is 0 Å². The van der Waals surface area contributed by atoms with Crippen LogP contribution in [0.15, 0.2) is 54.9 Å². The topological polar surface area (TPSA) is 126 Å². The number of amides is 2. The second-order valence-electron chi connectivity index (χ2n) is 10.0. The molecule has 39 heavy (non-hydrogen) atoms. The number of carbonyl (C=O) groups excluding carboxylic acids is 2. The first-order chi connectivity index (χ1) is 18.6. The van der Waals surface area contributed by atoms with E-state index in [1.54, 1.807) is 11.1 Å². The van der Waals surface area contributed by atoms with Gasteiger partial charge in [0.2, 0.25) is 11.8 Å². The lowest BCUT2D eigenvalue weighted by Crippen LogP contribution is -2.47. The number of carboxylic acids is 1. The molecule has 2 amide bonds. The monoisotopic (exact) mass is 548 g/mol. The van der Waals surface area contributed by atoms with Gasteiger partial charge in [-0.1, -0.05) is 36.4 Å². The van der Waals surface area contributed by atoms with Gasteiger partial charge < -0.3 is 21.1 Å². The van der Waals surface area contributed by atoms with Crippen molar-refractivity contribution in [2.75, 3.05) is 13.1 Å². The van der Waals surface area contributed by atoms with Crippen LogP contribution in [-0.4, -0.2) is 64.1 Å². The average Bonchev–Trinajstić information content (AvgIpc) is 3.42. The number of nitrogens with one attached hydrogen (secondary N) is 1. The third kappa shape index (κ3) is 9.05. The van der Waals surface area contributed by atoms with Gasteiger partial charge in [0.05, 0.1) is 0 Å². The maximum Gasteiger partial charge on any atom is 0.490 e. The molecule has 2 aromatic rings. The standard InChI is InChI=1S/C26H34N4O2.C2HF3O2/c27-22-12-10-19(11-13-22)17-29-26(32)24-9-5-15-30(24)25(31)16-23(20-6-2-1-3-7-20)21-8-4-14-28-18-21;3-2(4,5)1(6)7/h1-4,6-8,14,18-19,22-24H,5,9-13,15-17,27H2,(H,29,32);(H,6,7)/t19?,22?,23?,24-;/m0./s1. The van der Waals surface area contributed by atoms with Crippen molar-refractivity contribution >= 4 is 17.8 Å². The highest BCUT2D eigenvalue weighted by atomic mass is 19.4. The highest BCUT2D eigenvalue weighted by molar-refractivity contribution is 5.88. The lowest BCUT2D eigenvalue weighted by atomic mass is 9.86. The fraction of sp³-hybridized carbons (Fsp3) is 0.500. The summed E-state index contributed by atoms with van der Waals surface area (Å²) in [5.41, 5.74) is 8.10. The van der Waals surface area contributed by atoms with Crippen LogP contribution in [0.4, 0.5) is 13.2 Å². The molecule has 1 aromatic heterocycles. The number of carbonyl (C=O) groups is 3. The molecule has 1 aliphatic carbocycles. The van der Waals surface area contributed by atoms with E-state index >= 15 is 0 Å². The Morgan fingerprint density at radius 3 is 2.26 bits per heavy atom. The number of nitrogens with zero attached hydrogens (tertiary/aromatic N) is 2. The molecule has 11 heteroatoms. The Bertz CT molecular complexity index is 1040. The summed E-state index contributed by atoms with van der Waals surface area (Å²) in [7, 11) is 0. The number of nitrogens with two attached hydrogens (primary N) is 1. The number of hydrogen-bond donors (Lipinski definition) is 3. The highest BCUT2D eigenvalue weighted by Crippen LogP contribution is 2.30. The Balaban J connectivity index is 0.000000532. The van der Waals surface area contributed by atoms with E-state index in [4.69, 9.17) is 15.6 Å². The van der Waals surface area contributed by atoms with Crippen molar-refractivity contribution in [1.82, 2.24) is 15.2 Å². The zero-order valence-corrected chi connectivity index (χ0v) is 21.6. The summed E-state index contributed by atoms with van der Waals surface area (Å²) in [6.45, 7) is 1.33. The Morgan fingerprint density at radius 2 is 1.67 bits per heavy atom. The quantitative estimate of drug-likeness (QED) is 0.483. The number of pyridine rings is 1. The van der Waals surface area contributed by atoms with Gasteiger partial charge in [0.1, 0.15) is 6.04 Å². The minimum absolute atomic E-state index is 0.0108. The summed E-state index contributed by atoms with van der Waals surface area (Å²) in [5.74, 6) is -2.31. The van der Waals surface area contributed by atoms with E-state index in [1.807, 2.05) is 36.5 Å². The first-order valence-corrected chi connectivity index (χ1v) is 13.1. The summed E-state index contributed by atoms with van der Waals surface area (Å²) in [5, 5.41) is 10.3. The van der Waals surface area contributed by atoms with Crippen LogP contribution in [0.25, 0.3) is 0 Å². The van der Waals surface area contributed by atoms with Gasteiger partial charge in [-0.05, 0) is 61.6 Å². The molecule has 2 heterocycles. The Morgan fingerprint density at radius 1 is 1.03 bits per heavy atom. The molecule has 0 radical (unpaired) electrons. The molecule has 4 N–H and O–H groups in total. The van der Waals surface area contributed by atoms with Crippen LogP contribution in [0.5, 0.6) is 0 Å². The summed E-state index contributed by atoms with van der Waals surface area (Å²) in [6.07, 6.45) is 4.62. The minimum atomic E-state index is -5.08. The first kappa shape index (κ1) is 30.1. The largest absolute Gasteiger partial charge is 0.490 e. The molecule has 8 nitrogen and oxygen atoms in total. The van der Waals surface area contributed by atoms with Gasteiger partial charge in [-0.15, -0.1) is 0 Å². The van der Waals surface area contributed by atoms with Gasteiger partial charge >= 0.3 is 12.1 Å². The number of hydrogen-bond acceptors (Lipinski definition) is 5. The molecule has 4 rings (SSSR count). The number of halogens is 3. The van der Waals surface area contributed by atoms with Crippen LogP contribution in [0.2, 0.25) is 0 Å². The smallest absolute Gasteiger partial charge is 0.475 e. The second-order valence-corrected chi connectivity index (χ2v) is 10.0. The van der Waals surface area contributed by atoms with Crippen LogP contribution in [-0.2, 0) is 14.4 Å². The van der Waals surface area contributed by atoms with Crippen molar-refractivity contribution < 1.29 is 32.7 Å². The average molecular weight is 549 g/mol. The fourth-order valence-electron chi connectivity index (χ4n) is 5.08. The van der Waals surface area contributed by atoms with E-state index in [2.05, 4.69) is 22.4 Å². The van der Waals surface area contributed by atoms with Crippen LogP contribution in [0.1, 0.15) is 62.0 Å². The predicted octanol–water partition coefficient (Wildman–Crippen LogP) is 3.86. The van der Waals surface area contributed by atoms with Crippen molar-refractivity contribution in [2.45, 2.75) is 69.1 Å². The van der Waals surface area contributed by atoms with Crippen molar-refractivity contribution in [3.63, 3.8) is 0 Å². The molecule has 0 spiro atoms. The highest BCUT2D eigenvalue weighted by Gasteiger charge is 2.38. The van der Waals surface area contributed by atoms with Crippen LogP contribution in [0.3, 0.4) is 0 Å². The zero-order chi connectivity index (χ0) is 28.4. The van der Waals surface area contributed by atoms with E-state index < -0.39 is 12.1 Å². The van der Waals surface area contributed by atoms with Gasteiger partial charge in [-0.25, -0.2) is 4.79 Å². The van der Waals surface area contributed by atoms with Gasteiger partial charge in [-0.2, -0.15) is 13.2 Å². The molecular formula is C28H35F3N4O4. The lowest BCUT2D eigenvalue weighted by molar-refractivity contribution is -0.192. The maximum absolute atomic E-state index is 13.4. The first-order valence-electron chi connectivity index (χ1n) is 13.1. The number of alkyl halides is 3. The molecule has 1 aliphatic heterocycles. The van der Waals surface area contributed by atoms with Gasteiger partial charge in [0, 0.05) is 43.9 Å². The summed E-state index contributed by atoms with van der Waals surface area (Å²) in [6, 6.07) is 13.9. The number of likely N-dealkylation sites (tertiary alicyclic amines) is 1.